The summed E-state index contributed by atoms with van der Waals surface area (Å²) in [7, 11) is 0. The number of ether oxygens (including phenoxy) is 1. The van der Waals surface area contributed by atoms with E-state index in [1.807, 2.05) is 24.3 Å². The van der Waals surface area contributed by atoms with Crippen LogP contribution in [0.1, 0.15) is 10.4 Å². The molecule has 24 heavy (non-hydrogen) atoms. The van der Waals surface area contributed by atoms with E-state index in [9.17, 15) is 4.79 Å². The van der Waals surface area contributed by atoms with Crippen LogP contribution in [-0.2, 0) is 4.74 Å². The number of hydrogen-bond acceptors (Lipinski definition) is 7. The van der Waals surface area contributed by atoms with Gasteiger partial charge in [-0.2, -0.15) is 0 Å². The number of nitrogens with zero attached hydrogens (tertiary/aromatic N) is 3. The van der Waals surface area contributed by atoms with Crippen LogP contribution < -0.4 is 10.2 Å². The van der Waals surface area contributed by atoms with Gasteiger partial charge in [-0.05, 0) is 24.3 Å². The highest BCUT2D eigenvalue weighted by Crippen LogP contribution is 2.26. The molecule has 1 aliphatic heterocycles. The third-order valence-electron chi connectivity index (χ3n) is 3.46. The van der Waals surface area contributed by atoms with Gasteiger partial charge in [0, 0.05) is 30.1 Å². The Morgan fingerprint density at radius 2 is 2.08 bits per heavy atom. The van der Waals surface area contributed by atoms with Crippen molar-refractivity contribution in [3.05, 3.63) is 42.5 Å². The predicted octanol–water partition coefficient (Wildman–Crippen LogP) is 2.91. The summed E-state index contributed by atoms with van der Waals surface area (Å²) >= 11 is 2.90. The number of carbonyl (C=O) groups excluding carboxylic acids is 1. The number of hydrogen-bond donors (Lipinski definition) is 1. The maximum atomic E-state index is 12.3. The van der Waals surface area contributed by atoms with E-state index in [2.05, 4.69) is 27.0 Å². The summed E-state index contributed by atoms with van der Waals surface area (Å²) in [5.74, 6) is 0.589. The molecular formula is C16H18N4O2S2. The number of amides is 1. The zero-order valence-electron chi connectivity index (χ0n) is 13.1. The van der Waals surface area contributed by atoms with Gasteiger partial charge in [-0.1, -0.05) is 29.2 Å². The number of thioether (sulfide) groups is 1. The fraction of sp³-hybridized carbons (Fsp3) is 0.312. The van der Waals surface area contributed by atoms with Gasteiger partial charge in [0.05, 0.1) is 13.2 Å². The fourth-order valence-electron chi connectivity index (χ4n) is 2.26. The lowest BCUT2D eigenvalue weighted by atomic mass is 10.2. The topological polar surface area (TPSA) is 67.4 Å². The first-order valence-corrected chi connectivity index (χ1v) is 9.38. The van der Waals surface area contributed by atoms with Gasteiger partial charge >= 0.3 is 0 Å². The van der Waals surface area contributed by atoms with Gasteiger partial charge in [-0.15, -0.1) is 16.8 Å². The second kappa shape index (κ2) is 8.27. The van der Waals surface area contributed by atoms with Crippen LogP contribution >= 0.6 is 23.1 Å². The average molecular weight is 362 g/mol. The number of benzene rings is 1. The molecule has 1 amide bonds. The minimum Gasteiger partial charge on any atom is -0.378 e. The lowest BCUT2D eigenvalue weighted by molar-refractivity contribution is 0.102. The first-order valence-electron chi connectivity index (χ1n) is 7.57. The van der Waals surface area contributed by atoms with Crippen LogP contribution in [0, 0.1) is 0 Å². The maximum absolute atomic E-state index is 12.3. The van der Waals surface area contributed by atoms with Crippen molar-refractivity contribution >= 4 is 39.8 Å². The van der Waals surface area contributed by atoms with Gasteiger partial charge in [0.15, 0.2) is 4.34 Å². The van der Waals surface area contributed by atoms with Crippen LogP contribution in [-0.4, -0.2) is 48.2 Å². The molecule has 1 N–H and O–H groups in total. The molecule has 1 fully saturated rings. The molecule has 0 unspecified atom stereocenters. The van der Waals surface area contributed by atoms with E-state index in [1.54, 1.807) is 17.8 Å². The normalized spacial score (nSPS) is 14.4. The number of anilines is 2. The third-order valence-corrected chi connectivity index (χ3v) is 5.43. The molecule has 0 bridgehead atoms. The van der Waals surface area contributed by atoms with E-state index in [4.69, 9.17) is 4.74 Å². The van der Waals surface area contributed by atoms with Gasteiger partial charge in [0.2, 0.25) is 5.13 Å². The Kier molecular flexibility index (Phi) is 5.84. The van der Waals surface area contributed by atoms with E-state index in [0.717, 1.165) is 42.1 Å². The number of carbonyl (C=O) groups is 1. The molecule has 2 aromatic rings. The second-order valence-corrected chi connectivity index (χ2v) is 7.32. The van der Waals surface area contributed by atoms with E-state index < -0.39 is 0 Å². The van der Waals surface area contributed by atoms with Gasteiger partial charge in [-0.3, -0.25) is 10.1 Å². The van der Waals surface area contributed by atoms with Crippen molar-refractivity contribution < 1.29 is 9.53 Å². The largest absolute Gasteiger partial charge is 0.378 e. The fourth-order valence-corrected chi connectivity index (χ4v) is 3.77. The van der Waals surface area contributed by atoms with Crippen molar-refractivity contribution in [2.24, 2.45) is 0 Å². The summed E-state index contributed by atoms with van der Waals surface area (Å²) in [6, 6.07) is 7.58. The first kappa shape index (κ1) is 16.9. The number of morpholine rings is 1. The SMILES string of the molecule is C=CCSc1nnc(NC(=O)c2ccc(N3CCOCC3)cc2)s1. The molecule has 1 saturated heterocycles. The van der Waals surface area contributed by atoms with E-state index in [0.29, 0.717) is 10.7 Å². The third kappa shape index (κ3) is 4.34. The predicted molar refractivity (Wildman–Crippen MR) is 98.3 cm³/mol. The molecule has 0 spiro atoms. The summed E-state index contributed by atoms with van der Waals surface area (Å²) in [6.07, 6.45) is 1.81. The molecule has 6 nitrogen and oxygen atoms in total. The standard InChI is InChI=1S/C16H18N4O2S2/c1-2-11-23-16-19-18-15(24-16)17-14(21)12-3-5-13(6-4-12)20-7-9-22-10-8-20/h2-6H,1,7-11H2,(H,17,18,21). The van der Waals surface area contributed by atoms with Crippen LogP contribution in [0.15, 0.2) is 41.3 Å². The molecule has 2 heterocycles. The molecule has 1 aliphatic rings. The Labute approximate surface area is 148 Å². The second-order valence-electron chi connectivity index (χ2n) is 5.07. The molecule has 3 rings (SSSR count). The summed E-state index contributed by atoms with van der Waals surface area (Å²) in [4.78, 5) is 14.5. The van der Waals surface area contributed by atoms with Crippen molar-refractivity contribution in [3.8, 4) is 0 Å². The van der Waals surface area contributed by atoms with E-state index in [1.165, 1.54) is 11.3 Å². The molecular weight excluding hydrogens is 344 g/mol. The van der Waals surface area contributed by atoms with Gasteiger partial charge in [0.25, 0.3) is 5.91 Å². The average Bonchev–Trinajstić information content (AvgIpc) is 3.08. The van der Waals surface area contributed by atoms with Crippen LogP contribution in [0.5, 0.6) is 0 Å². The number of aromatic nitrogens is 2. The van der Waals surface area contributed by atoms with E-state index >= 15 is 0 Å². The van der Waals surface area contributed by atoms with Crippen molar-refractivity contribution in [1.82, 2.24) is 10.2 Å². The number of rotatable bonds is 6. The lowest BCUT2D eigenvalue weighted by Crippen LogP contribution is -2.36. The molecule has 0 atom stereocenters. The zero-order valence-corrected chi connectivity index (χ0v) is 14.7. The number of nitrogens with one attached hydrogen (secondary N) is 1. The summed E-state index contributed by atoms with van der Waals surface area (Å²) < 4.78 is 6.16. The van der Waals surface area contributed by atoms with Crippen molar-refractivity contribution in [2.75, 3.05) is 42.3 Å². The Morgan fingerprint density at radius 1 is 1.33 bits per heavy atom. The molecule has 0 radical (unpaired) electrons. The van der Waals surface area contributed by atoms with Crippen molar-refractivity contribution in [1.29, 1.82) is 0 Å². The van der Waals surface area contributed by atoms with Crippen molar-refractivity contribution in [3.63, 3.8) is 0 Å². The molecule has 8 heteroatoms. The van der Waals surface area contributed by atoms with Gasteiger partial charge in [0.1, 0.15) is 0 Å². The summed E-state index contributed by atoms with van der Waals surface area (Å²) in [5.41, 5.74) is 1.70. The first-order chi connectivity index (χ1) is 11.8. The monoisotopic (exact) mass is 362 g/mol. The Morgan fingerprint density at radius 3 is 2.79 bits per heavy atom. The molecule has 0 aliphatic carbocycles. The van der Waals surface area contributed by atoms with E-state index in [-0.39, 0.29) is 5.91 Å². The highest BCUT2D eigenvalue weighted by atomic mass is 32.2. The maximum Gasteiger partial charge on any atom is 0.257 e. The molecule has 1 aromatic heterocycles. The van der Waals surface area contributed by atoms with Gasteiger partial charge < -0.3 is 9.64 Å². The molecule has 0 saturated carbocycles. The Hall–Kier alpha value is -1.90. The van der Waals surface area contributed by atoms with Crippen LogP contribution in [0.3, 0.4) is 0 Å². The molecule has 126 valence electrons. The Balaban J connectivity index is 1.60. The Bertz CT molecular complexity index is 696. The summed E-state index contributed by atoms with van der Waals surface area (Å²) in [5, 5.41) is 11.3. The lowest BCUT2D eigenvalue weighted by Gasteiger charge is -2.28. The van der Waals surface area contributed by atoms with Gasteiger partial charge in [-0.25, -0.2) is 0 Å². The van der Waals surface area contributed by atoms with Crippen molar-refractivity contribution in [2.45, 2.75) is 4.34 Å². The zero-order chi connectivity index (χ0) is 16.8. The summed E-state index contributed by atoms with van der Waals surface area (Å²) in [6.45, 7) is 6.90. The quantitative estimate of drug-likeness (QED) is 0.484. The van der Waals surface area contributed by atoms with Crippen LogP contribution in [0.25, 0.3) is 0 Å². The highest BCUT2D eigenvalue weighted by molar-refractivity contribution is 8.01. The molecule has 1 aromatic carbocycles. The minimum absolute atomic E-state index is 0.181. The highest BCUT2D eigenvalue weighted by Gasteiger charge is 2.13. The van der Waals surface area contributed by atoms with Crippen LogP contribution in [0.2, 0.25) is 0 Å². The smallest absolute Gasteiger partial charge is 0.257 e. The van der Waals surface area contributed by atoms with Crippen LogP contribution in [0.4, 0.5) is 10.8 Å². The minimum atomic E-state index is -0.181.